The van der Waals surface area contributed by atoms with Crippen molar-refractivity contribution in [3.63, 3.8) is 0 Å². The van der Waals surface area contributed by atoms with Crippen LogP contribution < -0.4 is 5.73 Å². The van der Waals surface area contributed by atoms with E-state index >= 15 is 0 Å². The summed E-state index contributed by atoms with van der Waals surface area (Å²) in [6.07, 6.45) is 0. The van der Waals surface area contributed by atoms with Crippen LogP contribution in [0.1, 0.15) is 18.8 Å². The van der Waals surface area contributed by atoms with Crippen LogP contribution in [0, 0.1) is 0 Å². The Labute approximate surface area is 109 Å². The maximum absolute atomic E-state index is 5.66. The molecule has 0 aliphatic carbocycles. The van der Waals surface area contributed by atoms with Gasteiger partial charge in [0.05, 0.1) is 11.6 Å². The summed E-state index contributed by atoms with van der Waals surface area (Å²) in [4.78, 5) is 4.22. The summed E-state index contributed by atoms with van der Waals surface area (Å²) in [5.74, 6) is 0.969. The molecule has 0 radical (unpaired) electrons. The van der Waals surface area contributed by atoms with Crippen molar-refractivity contribution in [3.8, 4) is 11.5 Å². The lowest BCUT2D eigenvalue weighted by Crippen LogP contribution is -2.06. The predicted molar refractivity (Wildman–Crippen MR) is 67.7 cm³/mol. The van der Waals surface area contributed by atoms with Gasteiger partial charge in [-0.25, -0.2) is 0 Å². The van der Waals surface area contributed by atoms with Gasteiger partial charge in [-0.05, 0) is 41.1 Å². The summed E-state index contributed by atoms with van der Waals surface area (Å²) in [5.41, 5.74) is 6.51. The van der Waals surface area contributed by atoms with Crippen LogP contribution >= 0.6 is 31.9 Å². The van der Waals surface area contributed by atoms with Crippen LogP contribution in [0.15, 0.2) is 31.7 Å². The van der Waals surface area contributed by atoms with E-state index in [1.807, 2.05) is 25.1 Å². The fourth-order valence-corrected chi connectivity index (χ4v) is 2.41. The van der Waals surface area contributed by atoms with E-state index in [1.165, 1.54) is 0 Å². The van der Waals surface area contributed by atoms with Crippen LogP contribution in [-0.2, 0) is 0 Å². The number of nitrogens with two attached hydrogens (primary N) is 1. The molecule has 0 spiro atoms. The SMILES string of the molecule is CC(N)c1noc(-c2ccc(Br)cc2Br)n1. The molecular weight excluding hydrogens is 338 g/mol. The van der Waals surface area contributed by atoms with Crippen molar-refractivity contribution >= 4 is 31.9 Å². The van der Waals surface area contributed by atoms with Gasteiger partial charge < -0.3 is 10.3 Å². The maximum Gasteiger partial charge on any atom is 0.259 e. The highest BCUT2D eigenvalue weighted by atomic mass is 79.9. The summed E-state index contributed by atoms with van der Waals surface area (Å²) in [5, 5.41) is 3.81. The summed E-state index contributed by atoms with van der Waals surface area (Å²) in [7, 11) is 0. The molecule has 1 aromatic carbocycles. The second-order valence-electron chi connectivity index (χ2n) is 3.37. The lowest BCUT2D eigenvalue weighted by atomic mass is 10.2. The van der Waals surface area contributed by atoms with E-state index in [9.17, 15) is 0 Å². The Balaban J connectivity index is 2.42. The second-order valence-corrected chi connectivity index (χ2v) is 5.14. The molecule has 16 heavy (non-hydrogen) atoms. The molecule has 1 atom stereocenters. The molecule has 2 aromatic rings. The first kappa shape index (κ1) is 11.8. The number of aromatic nitrogens is 2. The van der Waals surface area contributed by atoms with Gasteiger partial charge in [-0.1, -0.05) is 21.1 Å². The molecule has 0 amide bonds. The van der Waals surface area contributed by atoms with Crippen LogP contribution in [0.25, 0.3) is 11.5 Å². The van der Waals surface area contributed by atoms with Gasteiger partial charge in [0, 0.05) is 8.95 Å². The van der Waals surface area contributed by atoms with Gasteiger partial charge in [0.1, 0.15) is 0 Å². The zero-order valence-corrected chi connectivity index (χ0v) is 11.6. The molecule has 0 aliphatic rings. The lowest BCUT2D eigenvalue weighted by Gasteiger charge is -1.99. The first-order valence-corrected chi connectivity index (χ1v) is 6.21. The van der Waals surface area contributed by atoms with E-state index in [-0.39, 0.29) is 6.04 Å². The van der Waals surface area contributed by atoms with Gasteiger partial charge >= 0.3 is 0 Å². The summed E-state index contributed by atoms with van der Waals surface area (Å²) in [6, 6.07) is 5.50. The highest BCUT2D eigenvalue weighted by molar-refractivity contribution is 9.11. The number of halogens is 2. The topological polar surface area (TPSA) is 64.9 Å². The van der Waals surface area contributed by atoms with E-state index in [0.717, 1.165) is 14.5 Å². The van der Waals surface area contributed by atoms with Gasteiger partial charge in [0.15, 0.2) is 5.82 Å². The molecule has 0 bridgehead atoms. The molecule has 2 rings (SSSR count). The monoisotopic (exact) mass is 345 g/mol. The van der Waals surface area contributed by atoms with Crippen LogP contribution in [0.5, 0.6) is 0 Å². The second kappa shape index (κ2) is 4.65. The minimum Gasteiger partial charge on any atom is -0.334 e. The number of hydrogen-bond acceptors (Lipinski definition) is 4. The van der Waals surface area contributed by atoms with Crippen LogP contribution in [0.3, 0.4) is 0 Å². The Morgan fingerprint density at radius 3 is 2.69 bits per heavy atom. The number of nitrogens with zero attached hydrogens (tertiary/aromatic N) is 2. The van der Waals surface area contributed by atoms with E-state index in [2.05, 4.69) is 42.0 Å². The van der Waals surface area contributed by atoms with Crippen molar-refractivity contribution in [1.29, 1.82) is 0 Å². The standard InChI is InChI=1S/C10H9Br2N3O/c1-5(13)9-14-10(16-15-9)7-3-2-6(11)4-8(7)12/h2-5H,13H2,1H3. The average Bonchev–Trinajstić information content (AvgIpc) is 2.66. The molecule has 0 fully saturated rings. The molecule has 0 saturated heterocycles. The van der Waals surface area contributed by atoms with Gasteiger partial charge in [-0.3, -0.25) is 0 Å². The van der Waals surface area contributed by atoms with Crippen molar-refractivity contribution in [2.45, 2.75) is 13.0 Å². The first-order valence-electron chi connectivity index (χ1n) is 4.62. The van der Waals surface area contributed by atoms with Crippen molar-refractivity contribution in [2.24, 2.45) is 5.73 Å². The molecule has 1 aromatic heterocycles. The molecule has 0 saturated carbocycles. The molecule has 84 valence electrons. The summed E-state index contributed by atoms with van der Waals surface area (Å²) in [6.45, 7) is 1.81. The molecule has 4 nitrogen and oxygen atoms in total. The van der Waals surface area contributed by atoms with Crippen molar-refractivity contribution in [1.82, 2.24) is 10.1 Å². The third-order valence-electron chi connectivity index (χ3n) is 2.01. The highest BCUT2D eigenvalue weighted by Crippen LogP contribution is 2.29. The van der Waals surface area contributed by atoms with Crippen LogP contribution in [0.4, 0.5) is 0 Å². The van der Waals surface area contributed by atoms with Crippen LogP contribution in [-0.4, -0.2) is 10.1 Å². The smallest absolute Gasteiger partial charge is 0.259 e. The molecule has 2 N–H and O–H groups in total. The molecular formula is C10H9Br2N3O. The number of hydrogen-bond donors (Lipinski definition) is 1. The van der Waals surface area contributed by atoms with E-state index < -0.39 is 0 Å². The summed E-state index contributed by atoms with van der Waals surface area (Å²) < 4.78 is 7.02. The first-order chi connectivity index (χ1) is 7.58. The molecule has 1 unspecified atom stereocenters. The maximum atomic E-state index is 5.66. The number of rotatable bonds is 2. The largest absolute Gasteiger partial charge is 0.334 e. The quantitative estimate of drug-likeness (QED) is 0.906. The van der Waals surface area contributed by atoms with E-state index in [1.54, 1.807) is 0 Å². The minimum absolute atomic E-state index is 0.230. The molecule has 1 heterocycles. The molecule has 6 heteroatoms. The van der Waals surface area contributed by atoms with E-state index in [4.69, 9.17) is 10.3 Å². The fourth-order valence-electron chi connectivity index (χ4n) is 1.19. The van der Waals surface area contributed by atoms with Gasteiger partial charge in [-0.15, -0.1) is 0 Å². The third-order valence-corrected chi connectivity index (χ3v) is 3.16. The van der Waals surface area contributed by atoms with Crippen molar-refractivity contribution in [3.05, 3.63) is 33.0 Å². The van der Waals surface area contributed by atoms with Crippen LogP contribution in [0.2, 0.25) is 0 Å². The van der Waals surface area contributed by atoms with Gasteiger partial charge in [0.25, 0.3) is 5.89 Å². The summed E-state index contributed by atoms with van der Waals surface area (Å²) >= 11 is 6.82. The number of benzene rings is 1. The minimum atomic E-state index is -0.230. The lowest BCUT2D eigenvalue weighted by molar-refractivity contribution is 0.418. The Bertz CT molecular complexity index is 511. The Morgan fingerprint density at radius 1 is 1.38 bits per heavy atom. The zero-order valence-electron chi connectivity index (χ0n) is 8.45. The predicted octanol–water partition coefficient (Wildman–Crippen LogP) is 3.28. The van der Waals surface area contributed by atoms with Crippen molar-refractivity contribution in [2.75, 3.05) is 0 Å². The third kappa shape index (κ3) is 2.34. The van der Waals surface area contributed by atoms with Gasteiger partial charge in [-0.2, -0.15) is 4.98 Å². The van der Waals surface area contributed by atoms with Crippen molar-refractivity contribution < 1.29 is 4.52 Å². The van der Waals surface area contributed by atoms with E-state index in [0.29, 0.717) is 11.7 Å². The van der Waals surface area contributed by atoms with Gasteiger partial charge in [0.2, 0.25) is 0 Å². The Morgan fingerprint density at radius 2 is 2.12 bits per heavy atom. The Kier molecular flexibility index (Phi) is 3.41. The normalized spacial score (nSPS) is 12.8. The zero-order chi connectivity index (χ0) is 11.7. The fraction of sp³-hybridized carbons (Fsp3) is 0.200. The molecule has 0 aliphatic heterocycles. The Hall–Kier alpha value is -0.720. The average molecular weight is 347 g/mol. The highest BCUT2D eigenvalue weighted by Gasteiger charge is 2.13.